The van der Waals surface area contributed by atoms with Crippen molar-refractivity contribution in [2.24, 2.45) is 0 Å². The first-order chi connectivity index (χ1) is 10.7. The summed E-state index contributed by atoms with van der Waals surface area (Å²) in [7, 11) is 0. The number of pyridine rings is 1. The molecule has 3 heterocycles. The number of halogens is 1. The molecule has 1 aliphatic rings. The van der Waals surface area contributed by atoms with Gasteiger partial charge < -0.3 is 15.3 Å². The molecule has 0 bridgehead atoms. The molecule has 0 spiro atoms. The second kappa shape index (κ2) is 7.42. The van der Waals surface area contributed by atoms with Crippen LogP contribution in [0.1, 0.15) is 23.3 Å². The Kier molecular flexibility index (Phi) is 5.31. The largest absolute Gasteiger partial charge is 0.391 e. The lowest BCUT2D eigenvalue weighted by Crippen LogP contribution is -2.39. The topological polar surface area (TPSA) is 48.4 Å². The van der Waals surface area contributed by atoms with Crippen molar-refractivity contribution in [2.45, 2.75) is 32.0 Å². The molecular formula is C16H20ClN3OS. The Balaban J connectivity index is 1.63. The highest BCUT2D eigenvalue weighted by Crippen LogP contribution is 2.23. The average Bonchev–Trinajstić information content (AvgIpc) is 2.93. The van der Waals surface area contributed by atoms with E-state index in [0.717, 1.165) is 42.6 Å². The maximum atomic E-state index is 9.86. The van der Waals surface area contributed by atoms with Crippen LogP contribution in [0.15, 0.2) is 30.5 Å². The Morgan fingerprint density at radius 2 is 2.27 bits per heavy atom. The monoisotopic (exact) mass is 337 g/mol. The zero-order valence-corrected chi connectivity index (χ0v) is 13.9. The van der Waals surface area contributed by atoms with Crippen LogP contribution < -0.4 is 10.2 Å². The van der Waals surface area contributed by atoms with E-state index in [-0.39, 0.29) is 6.10 Å². The van der Waals surface area contributed by atoms with Crippen LogP contribution in [0.25, 0.3) is 0 Å². The van der Waals surface area contributed by atoms with Gasteiger partial charge in [-0.25, -0.2) is 4.98 Å². The number of hydrogen-bond donors (Lipinski definition) is 2. The summed E-state index contributed by atoms with van der Waals surface area (Å²) in [6.45, 7) is 3.19. The van der Waals surface area contributed by atoms with E-state index >= 15 is 0 Å². The summed E-state index contributed by atoms with van der Waals surface area (Å²) < 4.78 is 0.821. The molecule has 0 aliphatic carbocycles. The van der Waals surface area contributed by atoms with Crippen LogP contribution in [-0.4, -0.2) is 29.3 Å². The number of rotatable bonds is 5. The summed E-state index contributed by atoms with van der Waals surface area (Å²) >= 11 is 7.55. The van der Waals surface area contributed by atoms with E-state index in [2.05, 4.69) is 21.3 Å². The van der Waals surface area contributed by atoms with Crippen molar-refractivity contribution in [3.8, 4) is 0 Å². The Labute approximate surface area is 139 Å². The number of aliphatic hydroxyl groups is 1. The molecule has 1 unspecified atom stereocenters. The first-order valence-electron chi connectivity index (χ1n) is 7.54. The van der Waals surface area contributed by atoms with E-state index in [1.165, 1.54) is 10.4 Å². The Morgan fingerprint density at radius 1 is 1.36 bits per heavy atom. The van der Waals surface area contributed by atoms with Crippen molar-refractivity contribution in [1.82, 2.24) is 10.3 Å². The first kappa shape index (κ1) is 15.7. The number of nitrogens with zero attached hydrogens (tertiary/aromatic N) is 2. The van der Waals surface area contributed by atoms with Crippen LogP contribution in [0.4, 0.5) is 5.82 Å². The molecule has 2 N–H and O–H groups in total. The van der Waals surface area contributed by atoms with Crippen LogP contribution in [-0.2, 0) is 13.1 Å². The van der Waals surface area contributed by atoms with Gasteiger partial charge in [-0.1, -0.05) is 17.7 Å². The molecule has 1 atom stereocenters. The van der Waals surface area contributed by atoms with Crippen LogP contribution in [0.2, 0.25) is 4.34 Å². The van der Waals surface area contributed by atoms with Crippen molar-refractivity contribution in [2.75, 3.05) is 18.0 Å². The number of hydrogen-bond acceptors (Lipinski definition) is 5. The Hall–Kier alpha value is -1.14. The molecule has 2 aromatic heterocycles. The molecule has 0 radical (unpaired) electrons. The number of thiophene rings is 1. The van der Waals surface area contributed by atoms with Crippen molar-refractivity contribution in [3.05, 3.63) is 45.2 Å². The van der Waals surface area contributed by atoms with E-state index in [1.807, 2.05) is 24.4 Å². The number of aliphatic hydroxyl groups excluding tert-OH is 1. The van der Waals surface area contributed by atoms with Gasteiger partial charge in [-0.05, 0) is 31.0 Å². The minimum atomic E-state index is -0.246. The lowest BCUT2D eigenvalue weighted by atomic mass is 10.1. The zero-order valence-electron chi connectivity index (χ0n) is 12.3. The summed E-state index contributed by atoms with van der Waals surface area (Å²) in [5.74, 6) is 0.984. The van der Waals surface area contributed by atoms with Gasteiger partial charge in [0.05, 0.1) is 10.4 Å². The minimum Gasteiger partial charge on any atom is -0.391 e. The van der Waals surface area contributed by atoms with E-state index in [0.29, 0.717) is 6.54 Å². The summed E-state index contributed by atoms with van der Waals surface area (Å²) in [5.41, 5.74) is 1.17. The van der Waals surface area contributed by atoms with Crippen molar-refractivity contribution < 1.29 is 5.11 Å². The third-order valence-corrected chi connectivity index (χ3v) is 5.04. The molecule has 0 amide bonds. The van der Waals surface area contributed by atoms with Gasteiger partial charge in [0.1, 0.15) is 5.82 Å². The normalized spacial score (nSPS) is 18.6. The second-order valence-corrected chi connectivity index (χ2v) is 7.34. The van der Waals surface area contributed by atoms with Crippen LogP contribution in [0, 0.1) is 0 Å². The molecule has 0 saturated carbocycles. The molecule has 22 heavy (non-hydrogen) atoms. The maximum absolute atomic E-state index is 9.86. The smallest absolute Gasteiger partial charge is 0.133 e. The molecule has 6 heteroatoms. The molecular weight excluding hydrogens is 318 g/mol. The highest BCUT2D eigenvalue weighted by Gasteiger charge is 2.20. The molecule has 3 rings (SSSR count). The molecule has 0 aromatic carbocycles. The lowest BCUT2D eigenvalue weighted by Gasteiger charge is -2.32. The van der Waals surface area contributed by atoms with Crippen LogP contribution in [0.5, 0.6) is 0 Å². The van der Waals surface area contributed by atoms with Gasteiger partial charge in [0, 0.05) is 42.8 Å². The number of aromatic nitrogens is 1. The quantitative estimate of drug-likeness (QED) is 0.880. The van der Waals surface area contributed by atoms with Gasteiger partial charge in [-0.2, -0.15) is 0 Å². The van der Waals surface area contributed by atoms with Crippen molar-refractivity contribution in [1.29, 1.82) is 0 Å². The zero-order chi connectivity index (χ0) is 15.4. The highest BCUT2D eigenvalue weighted by molar-refractivity contribution is 7.16. The predicted molar refractivity (Wildman–Crippen MR) is 91.6 cm³/mol. The molecule has 1 saturated heterocycles. The van der Waals surface area contributed by atoms with Gasteiger partial charge in [-0.3, -0.25) is 0 Å². The van der Waals surface area contributed by atoms with Crippen LogP contribution >= 0.6 is 22.9 Å². The molecule has 1 fully saturated rings. The Morgan fingerprint density at radius 3 is 3.05 bits per heavy atom. The summed E-state index contributed by atoms with van der Waals surface area (Å²) in [6, 6.07) is 8.03. The fourth-order valence-corrected chi connectivity index (χ4v) is 3.82. The molecule has 2 aromatic rings. The van der Waals surface area contributed by atoms with Crippen LogP contribution in [0.3, 0.4) is 0 Å². The van der Waals surface area contributed by atoms with Gasteiger partial charge in [-0.15, -0.1) is 11.3 Å². The first-order valence-corrected chi connectivity index (χ1v) is 8.73. The van der Waals surface area contributed by atoms with Gasteiger partial charge >= 0.3 is 0 Å². The van der Waals surface area contributed by atoms with Crippen molar-refractivity contribution >= 4 is 28.8 Å². The molecule has 1 aliphatic heterocycles. The standard InChI is InChI=1S/C16H20ClN3OS/c17-15-6-5-14(22-15)10-18-9-12-3-1-7-19-16(12)20-8-2-4-13(21)11-20/h1,3,5-7,13,18,21H,2,4,8-11H2. The third-order valence-electron chi connectivity index (χ3n) is 3.81. The number of piperidine rings is 1. The highest BCUT2D eigenvalue weighted by atomic mass is 35.5. The molecule has 4 nitrogen and oxygen atoms in total. The second-order valence-electron chi connectivity index (χ2n) is 5.54. The maximum Gasteiger partial charge on any atom is 0.133 e. The molecule has 118 valence electrons. The average molecular weight is 338 g/mol. The van der Waals surface area contributed by atoms with Gasteiger partial charge in [0.25, 0.3) is 0 Å². The predicted octanol–water partition coefficient (Wildman–Crippen LogP) is 3.05. The number of nitrogens with one attached hydrogen (secondary N) is 1. The van der Waals surface area contributed by atoms with Gasteiger partial charge in [0.2, 0.25) is 0 Å². The number of anilines is 1. The van der Waals surface area contributed by atoms with E-state index in [9.17, 15) is 5.11 Å². The Bertz CT molecular complexity index is 619. The number of β-amino-alcohol motifs (C(OH)–C–C–N with tert-alkyl or cyclic N) is 1. The summed E-state index contributed by atoms with van der Waals surface area (Å²) in [6.07, 6.45) is 3.47. The minimum absolute atomic E-state index is 0.246. The summed E-state index contributed by atoms with van der Waals surface area (Å²) in [5, 5.41) is 13.3. The fourth-order valence-electron chi connectivity index (χ4n) is 2.77. The fraction of sp³-hybridized carbons (Fsp3) is 0.438. The third kappa shape index (κ3) is 3.98. The van der Waals surface area contributed by atoms with Gasteiger partial charge in [0.15, 0.2) is 0 Å². The lowest BCUT2D eigenvalue weighted by molar-refractivity contribution is 0.154. The van der Waals surface area contributed by atoms with E-state index in [1.54, 1.807) is 11.3 Å². The summed E-state index contributed by atoms with van der Waals surface area (Å²) in [4.78, 5) is 7.94. The van der Waals surface area contributed by atoms with Crippen molar-refractivity contribution in [3.63, 3.8) is 0 Å². The SMILES string of the molecule is OC1CCCN(c2ncccc2CNCc2ccc(Cl)s2)C1. The van der Waals surface area contributed by atoms with E-state index in [4.69, 9.17) is 11.6 Å². The van der Waals surface area contributed by atoms with E-state index < -0.39 is 0 Å².